The lowest BCUT2D eigenvalue weighted by Gasteiger charge is -1.96. The fraction of sp³-hybridized carbons (Fsp3) is 0. The van der Waals surface area contributed by atoms with Crippen molar-refractivity contribution in [2.24, 2.45) is 5.90 Å². The molecule has 2 rings (SSSR count). The number of nitrogens with zero attached hydrogens (tertiary/aromatic N) is 3. The van der Waals surface area contributed by atoms with E-state index >= 15 is 0 Å². The first kappa shape index (κ1) is 7.75. The van der Waals surface area contributed by atoms with Gasteiger partial charge in [-0.05, 0) is 12.1 Å². The molecule has 0 unspecified atom stereocenters. The Morgan fingerprint density at radius 3 is 2.62 bits per heavy atom. The van der Waals surface area contributed by atoms with Crippen molar-refractivity contribution >= 4 is 0 Å². The lowest BCUT2D eigenvalue weighted by atomic mass is 10.3. The van der Waals surface area contributed by atoms with Crippen LogP contribution in [0.25, 0.3) is 5.69 Å². The van der Waals surface area contributed by atoms with E-state index in [2.05, 4.69) is 14.9 Å². The highest BCUT2D eigenvalue weighted by Gasteiger charge is 2.00. The van der Waals surface area contributed by atoms with Crippen LogP contribution in [0.1, 0.15) is 0 Å². The van der Waals surface area contributed by atoms with Crippen LogP contribution in [0.15, 0.2) is 36.7 Å². The molecule has 0 radical (unpaired) electrons. The molecule has 0 atom stereocenters. The summed E-state index contributed by atoms with van der Waals surface area (Å²) in [5, 5.41) is 3.96. The van der Waals surface area contributed by atoms with E-state index in [0.717, 1.165) is 5.69 Å². The molecule has 13 heavy (non-hydrogen) atoms. The molecule has 0 fully saturated rings. The molecule has 0 spiro atoms. The van der Waals surface area contributed by atoms with E-state index in [9.17, 15) is 0 Å². The molecule has 66 valence electrons. The maximum Gasteiger partial charge on any atom is 0.354 e. The van der Waals surface area contributed by atoms with Gasteiger partial charge in [0.2, 0.25) is 0 Å². The maximum atomic E-state index is 4.90. The van der Waals surface area contributed by atoms with Crippen LogP contribution in [0.4, 0.5) is 0 Å². The first-order chi connectivity index (χ1) is 6.40. The smallest absolute Gasteiger partial charge is 0.354 e. The summed E-state index contributed by atoms with van der Waals surface area (Å²) in [6.45, 7) is 0. The SMILES string of the molecule is NOc1ncn(-c2ccccc2)n1. The van der Waals surface area contributed by atoms with Crippen LogP contribution in [0.2, 0.25) is 0 Å². The number of hydrogen-bond donors (Lipinski definition) is 1. The van der Waals surface area contributed by atoms with Gasteiger partial charge in [-0.15, -0.1) is 5.10 Å². The molecule has 0 aliphatic heterocycles. The van der Waals surface area contributed by atoms with Crippen molar-refractivity contribution in [1.82, 2.24) is 14.8 Å². The second kappa shape index (κ2) is 3.24. The van der Waals surface area contributed by atoms with Crippen molar-refractivity contribution in [1.29, 1.82) is 0 Å². The van der Waals surface area contributed by atoms with Gasteiger partial charge < -0.3 is 4.84 Å². The van der Waals surface area contributed by atoms with Crippen LogP contribution < -0.4 is 10.7 Å². The Labute approximate surface area is 74.7 Å². The van der Waals surface area contributed by atoms with Crippen LogP contribution in [0, 0.1) is 0 Å². The van der Waals surface area contributed by atoms with Crippen LogP contribution in [0.5, 0.6) is 6.01 Å². The van der Waals surface area contributed by atoms with Crippen molar-refractivity contribution < 1.29 is 4.84 Å². The quantitative estimate of drug-likeness (QED) is 0.677. The minimum absolute atomic E-state index is 0.156. The monoisotopic (exact) mass is 176 g/mol. The number of para-hydroxylation sites is 1. The van der Waals surface area contributed by atoms with Crippen LogP contribution in [0.3, 0.4) is 0 Å². The summed E-state index contributed by atoms with van der Waals surface area (Å²) < 4.78 is 1.59. The summed E-state index contributed by atoms with van der Waals surface area (Å²) >= 11 is 0. The van der Waals surface area contributed by atoms with Gasteiger partial charge in [-0.2, -0.15) is 10.9 Å². The Balaban J connectivity index is 2.36. The average molecular weight is 176 g/mol. The van der Waals surface area contributed by atoms with Gasteiger partial charge in [-0.1, -0.05) is 18.2 Å². The molecular weight excluding hydrogens is 168 g/mol. The molecule has 0 saturated heterocycles. The Kier molecular flexibility index (Phi) is 1.93. The Morgan fingerprint density at radius 1 is 1.23 bits per heavy atom. The molecule has 0 amide bonds. The number of aromatic nitrogens is 3. The first-order valence-corrected chi connectivity index (χ1v) is 3.74. The normalized spacial score (nSPS) is 9.92. The highest BCUT2D eigenvalue weighted by Crippen LogP contribution is 2.06. The van der Waals surface area contributed by atoms with Crippen molar-refractivity contribution in [2.45, 2.75) is 0 Å². The Hall–Kier alpha value is -1.88. The maximum absolute atomic E-state index is 4.90. The summed E-state index contributed by atoms with van der Waals surface area (Å²) in [5.41, 5.74) is 0.915. The van der Waals surface area contributed by atoms with Crippen molar-refractivity contribution in [3.05, 3.63) is 36.7 Å². The van der Waals surface area contributed by atoms with Crippen LogP contribution in [-0.4, -0.2) is 14.8 Å². The molecule has 0 aliphatic rings. The van der Waals surface area contributed by atoms with E-state index in [1.807, 2.05) is 30.3 Å². The summed E-state index contributed by atoms with van der Waals surface area (Å²) in [5.74, 6) is 4.90. The second-order valence-electron chi connectivity index (χ2n) is 2.43. The van der Waals surface area contributed by atoms with E-state index in [1.165, 1.54) is 6.33 Å². The summed E-state index contributed by atoms with van der Waals surface area (Å²) in [4.78, 5) is 8.19. The zero-order valence-corrected chi connectivity index (χ0v) is 6.79. The molecule has 5 heteroatoms. The number of hydrogen-bond acceptors (Lipinski definition) is 4. The number of rotatable bonds is 2. The van der Waals surface area contributed by atoms with Gasteiger partial charge in [0, 0.05) is 0 Å². The van der Waals surface area contributed by atoms with Crippen LogP contribution in [-0.2, 0) is 0 Å². The van der Waals surface area contributed by atoms with E-state index in [-0.39, 0.29) is 6.01 Å². The van der Waals surface area contributed by atoms with Crippen molar-refractivity contribution in [2.75, 3.05) is 0 Å². The molecular formula is C8H8N4O. The summed E-state index contributed by atoms with van der Waals surface area (Å²) in [6.07, 6.45) is 1.54. The summed E-state index contributed by atoms with van der Waals surface area (Å²) in [7, 11) is 0. The molecule has 2 aromatic rings. The fourth-order valence-electron chi connectivity index (χ4n) is 1.01. The Morgan fingerprint density at radius 2 is 2.00 bits per heavy atom. The third-order valence-corrected chi connectivity index (χ3v) is 1.60. The topological polar surface area (TPSA) is 66.0 Å². The lowest BCUT2D eigenvalue weighted by Crippen LogP contribution is -2.04. The molecule has 1 aromatic carbocycles. The van der Waals surface area contributed by atoms with E-state index in [4.69, 9.17) is 5.90 Å². The van der Waals surface area contributed by atoms with Gasteiger partial charge in [0.25, 0.3) is 0 Å². The standard InChI is InChI=1S/C8H8N4O/c9-13-8-10-6-12(11-8)7-4-2-1-3-5-7/h1-6H,9H2. The highest BCUT2D eigenvalue weighted by molar-refractivity contribution is 5.29. The third kappa shape index (κ3) is 1.50. The van der Waals surface area contributed by atoms with E-state index < -0.39 is 0 Å². The first-order valence-electron chi connectivity index (χ1n) is 3.74. The number of nitrogens with two attached hydrogens (primary N) is 1. The molecule has 1 heterocycles. The number of benzene rings is 1. The fourth-order valence-corrected chi connectivity index (χ4v) is 1.01. The highest BCUT2D eigenvalue weighted by atomic mass is 16.6. The zero-order chi connectivity index (χ0) is 9.10. The third-order valence-electron chi connectivity index (χ3n) is 1.60. The van der Waals surface area contributed by atoms with Gasteiger partial charge in [-0.3, -0.25) is 0 Å². The van der Waals surface area contributed by atoms with Gasteiger partial charge in [0.1, 0.15) is 6.33 Å². The molecule has 1 aromatic heterocycles. The minimum atomic E-state index is 0.156. The predicted octanol–water partition coefficient (Wildman–Crippen LogP) is 0.520. The summed E-state index contributed by atoms with van der Waals surface area (Å²) in [6, 6.07) is 9.74. The van der Waals surface area contributed by atoms with Gasteiger partial charge in [0.05, 0.1) is 5.69 Å². The van der Waals surface area contributed by atoms with Gasteiger partial charge in [0.15, 0.2) is 0 Å². The van der Waals surface area contributed by atoms with E-state index in [0.29, 0.717) is 0 Å². The lowest BCUT2D eigenvalue weighted by molar-refractivity contribution is 0.306. The van der Waals surface area contributed by atoms with Crippen LogP contribution >= 0.6 is 0 Å². The van der Waals surface area contributed by atoms with Crippen molar-refractivity contribution in [3.63, 3.8) is 0 Å². The largest absolute Gasteiger partial charge is 0.370 e. The van der Waals surface area contributed by atoms with Gasteiger partial charge in [-0.25, -0.2) is 4.68 Å². The molecule has 5 nitrogen and oxygen atoms in total. The molecule has 0 aliphatic carbocycles. The molecule has 0 bridgehead atoms. The molecule has 0 saturated carbocycles. The second-order valence-corrected chi connectivity index (χ2v) is 2.43. The minimum Gasteiger partial charge on any atom is -0.370 e. The van der Waals surface area contributed by atoms with Crippen molar-refractivity contribution in [3.8, 4) is 11.7 Å². The van der Waals surface area contributed by atoms with Gasteiger partial charge >= 0.3 is 6.01 Å². The average Bonchev–Trinajstić information content (AvgIpc) is 2.67. The van der Waals surface area contributed by atoms with E-state index in [1.54, 1.807) is 4.68 Å². The zero-order valence-electron chi connectivity index (χ0n) is 6.79. The Bertz CT molecular complexity index is 384. The molecule has 2 N–H and O–H groups in total. The predicted molar refractivity (Wildman–Crippen MR) is 46.2 cm³/mol.